The molecule has 0 radical (unpaired) electrons. The summed E-state index contributed by atoms with van der Waals surface area (Å²) in [6.07, 6.45) is 2.86. The molecule has 0 aliphatic carbocycles. The second-order valence-electron chi connectivity index (χ2n) is 6.73. The molecule has 3 aromatic carbocycles. The molecule has 0 unspecified atom stereocenters. The first-order valence-corrected chi connectivity index (χ1v) is 9.58. The lowest BCUT2D eigenvalue weighted by atomic mass is 9.98. The minimum absolute atomic E-state index is 0.0777. The summed E-state index contributed by atoms with van der Waals surface area (Å²) < 4.78 is 19.0. The number of hydrogen-bond acceptors (Lipinski definition) is 3. The Balaban J connectivity index is 1.71. The van der Waals surface area contributed by atoms with Crippen LogP contribution in [0.5, 0.6) is 0 Å². The average molecular weight is 408 g/mol. The van der Waals surface area contributed by atoms with Gasteiger partial charge in [-0.05, 0) is 29.3 Å². The van der Waals surface area contributed by atoms with Crippen LogP contribution in [0.25, 0.3) is 28.5 Å². The summed E-state index contributed by atoms with van der Waals surface area (Å²) in [7, 11) is 0. The van der Waals surface area contributed by atoms with Crippen molar-refractivity contribution in [2.24, 2.45) is 0 Å². The molecule has 1 N–H and O–H groups in total. The number of furan rings is 1. The number of nitriles is 1. The standard InChI is InChI=1S/C26H17FN2O2/c27-21-14-11-18(12-15-21)13-16-23(30)29-26-22(17-28)24(19-7-3-1-4-8-19)25(31-26)20-9-5-2-6-10-20/h1-16H,(H,29,30)/b16-13+. The van der Waals surface area contributed by atoms with E-state index in [4.69, 9.17) is 4.42 Å². The highest BCUT2D eigenvalue weighted by atomic mass is 19.1. The van der Waals surface area contributed by atoms with Gasteiger partial charge in [-0.3, -0.25) is 10.1 Å². The molecule has 150 valence electrons. The van der Waals surface area contributed by atoms with Gasteiger partial charge in [0.25, 0.3) is 5.91 Å². The van der Waals surface area contributed by atoms with Gasteiger partial charge in [-0.2, -0.15) is 5.26 Å². The number of rotatable bonds is 5. The molecule has 0 aliphatic heterocycles. The van der Waals surface area contributed by atoms with Gasteiger partial charge in [-0.25, -0.2) is 4.39 Å². The van der Waals surface area contributed by atoms with E-state index in [1.54, 1.807) is 18.2 Å². The summed E-state index contributed by atoms with van der Waals surface area (Å²) in [4.78, 5) is 12.5. The van der Waals surface area contributed by atoms with Crippen LogP contribution >= 0.6 is 0 Å². The fraction of sp³-hybridized carbons (Fsp3) is 0. The molecule has 1 amide bonds. The van der Waals surface area contributed by atoms with E-state index in [-0.39, 0.29) is 17.3 Å². The molecule has 0 bridgehead atoms. The molecule has 0 saturated heterocycles. The van der Waals surface area contributed by atoms with Gasteiger partial charge in [-0.1, -0.05) is 72.8 Å². The first kappa shape index (κ1) is 19.9. The predicted molar refractivity (Wildman–Crippen MR) is 118 cm³/mol. The van der Waals surface area contributed by atoms with E-state index in [1.165, 1.54) is 18.2 Å². The fourth-order valence-electron chi connectivity index (χ4n) is 3.20. The van der Waals surface area contributed by atoms with Crippen molar-refractivity contribution in [1.29, 1.82) is 5.26 Å². The Hall–Kier alpha value is -4.43. The van der Waals surface area contributed by atoms with Crippen LogP contribution in [0.2, 0.25) is 0 Å². The average Bonchev–Trinajstić information content (AvgIpc) is 3.18. The largest absolute Gasteiger partial charge is 0.438 e. The van der Waals surface area contributed by atoms with Gasteiger partial charge in [0.15, 0.2) is 0 Å². The van der Waals surface area contributed by atoms with Crippen LogP contribution < -0.4 is 5.32 Å². The van der Waals surface area contributed by atoms with Crippen molar-refractivity contribution in [3.8, 4) is 28.5 Å². The van der Waals surface area contributed by atoms with Crippen molar-refractivity contribution in [2.75, 3.05) is 5.32 Å². The number of carbonyl (C=O) groups excluding carboxylic acids is 1. The summed E-state index contributed by atoms with van der Waals surface area (Å²) in [6.45, 7) is 0. The van der Waals surface area contributed by atoms with E-state index in [9.17, 15) is 14.4 Å². The van der Waals surface area contributed by atoms with Crippen molar-refractivity contribution in [3.05, 3.63) is 108 Å². The normalized spacial score (nSPS) is 10.7. The Kier molecular flexibility index (Phi) is 5.72. The van der Waals surface area contributed by atoms with Crippen LogP contribution in [-0.4, -0.2) is 5.91 Å². The van der Waals surface area contributed by atoms with Crippen molar-refractivity contribution in [1.82, 2.24) is 0 Å². The molecule has 4 aromatic rings. The molecule has 0 atom stereocenters. The van der Waals surface area contributed by atoms with Gasteiger partial charge in [0.2, 0.25) is 5.88 Å². The monoisotopic (exact) mass is 408 g/mol. The Morgan fingerprint density at radius 3 is 2.13 bits per heavy atom. The maximum absolute atomic E-state index is 13.0. The maximum atomic E-state index is 13.0. The van der Waals surface area contributed by atoms with Crippen molar-refractivity contribution in [2.45, 2.75) is 0 Å². The van der Waals surface area contributed by atoms with Gasteiger partial charge in [0.05, 0.1) is 0 Å². The fourth-order valence-corrected chi connectivity index (χ4v) is 3.20. The summed E-state index contributed by atoms with van der Waals surface area (Å²) in [5, 5.41) is 12.5. The summed E-state index contributed by atoms with van der Waals surface area (Å²) in [6, 6.07) is 26.7. The molecule has 1 aromatic heterocycles. The number of benzene rings is 3. The highest BCUT2D eigenvalue weighted by Gasteiger charge is 2.23. The van der Waals surface area contributed by atoms with Gasteiger partial charge >= 0.3 is 0 Å². The number of nitrogens with one attached hydrogen (secondary N) is 1. The van der Waals surface area contributed by atoms with Gasteiger partial charge in [-0.15, -0.1) is 0 Å². The van der Waals surface area contributed by atoms with E-state index in [0.29, 0.717) is 16.9 Å². The van der Waals surface area contributed by atoms with E-state index < -0.39 is 5.91 Å². The molecule has 1 heterocycles. The quantitative estimate of drug-likeness (QED) is 0.396. The van der Waals surface area contributed by atoms with Gasteiger partial charge in [0, 0.05) is 17.2 Å². The number of anilines is 1. The molecule has 0 saturated carbocycles. The Bertz CT molecular complexity index is 1270. The lowest BCUT2D eigenvalue weighted by molar-refractivity contribution is -0.111. The lowest BCUT2D eigenvalue weighted by Crippen LogP contribution is -2.08. The van der Waals surface area contributed by atoms with Crippen LogP contribution in [0.3, 0.4) is 0 Å². The zero-order valence-electron chi connectivity index (χ0n) is 16.4. The van der Waals surface area contributed by atoms with Crippen molar-refractivity contribution in [3.63, 3.8) is 0 Å². The van der Waals surface area contributed by atoms with Crippen molar-refractivity contribution >= 4 is 17.9 Å². The van der Waals surface area contributed by atoms with Crippen LogP contribution in [0.1, 0.15) is 11.1 Å². The minimum Gasteiger partial charge on any atom is -0.438 e. The van der Waals surface area contributed by atoms with Crippen molar-refractivity contribution < 1.29 is 13.6 Å². The molecule has 0 spiro atoms. The smallest absolute Gasteiger partial charge is 0.250 e. The highest BCUT2D eigenvalue weighted by molar-refractivity contribution is 6.03. The third kappa shape index (κ3) is 4.44. The van der Waals surface area contributed by atoms with E-state index in [2.05, 4.69) is 11.4 Å². The lowest BCUT2D eigenvalue weighted by Gasteiger charge is -2.03. The number of amides is 1. The third-order valence-corrected chi connectivity index (χ3v) is 4.65. The molecular weight excluding hydrogens is 391 g/mol. The SMILES string of the molecule is N#Cc1c(NC(=O)/C=C/c2ccc(F)cc2)oc(-c2ccccc2)c1-c1ccccc1. The van der Waals surface area contributed by atoms with Crippen LogP contribution in [0.15, 0.2) is 95.4 Å². The molecule has 0 fully saturated rings. The first-order chi connectivity index (χ1) is 15.2. The number of carbonyl (C=O) groups is 1. The summed E-state index contributed by atoms with van der Waals surface area (Å²) >= 11 is 0. The van der Waals surface area contributed by atoms with Gasteiger partial charge in [0.1, 0.15) is 23.2 Å². The number of hydrogen-bond donors (Lipinski definition) is 1. The van der Waals surface area contributed by atoms with E-state index in [1.807, 2.05) is 60.7 Å². The zero-order chi connectivity index (χ0) is 21.6. The topological polar surface area (TPSA) is 66.0 Å². The second-order valence-corrected chi connectivity index (χ2v) is 6.73. The first-order valence-electron chi connectivity index (χ1n) is 9.58. The summed E-state index contributed by atoms with van der Waals surface area (Å²) in [5.41, 5.74) is 3.14. The molecule has 0 aliphatic rings. The predicted octanol–water partition coefficient (Wildman–Crippen LogP) is 6.28. The molecular formula is C26H17FN2O2. The van der Waals surface area contributed by atoms with Gasteiger partial charge < -0.3 is 4.42 Å². The van der Waals surface area contributed by atoms with E-state index >= 15 is 0 Å². The Morgan fingerprint density at radius 2 is 1.52 bits per heavy atom. The van der Waals surface area contributed by atoms with E-state index in [0.717, 1.165) is 11.1 Å². The maximum Gasteiger partial charge on any atom is 0.250 e. The summed E-state index contributed by atoms with van der Waals surface area (Å²) in [5.74, 6) is -0.235. The Morgan fingerprint density at radius 1 is 0.903 bits per heavy atom. The molecule has 31 heavy (non-hydrogen) atoms. The number of nitrogens with zero attached hydrogens (tertiary/aromatic N) is 1. The molecule has 4 rings (SSSR count). The van der Waals surface area contributed by atoms with Crippen LogP contribution in [0.4, 0.5) is 10.3 Å². The zero-order valence-corrected chi connectivity index (χ0v) is 16.4. The highest BCUT2D eigenvalue weighted by Crippen LogP contribution is 2.41. The second kappa shape index (κ2) is 8.93. The molecule has 5 heteroatoms. The van der Waals surface area contributed by atoms with Crippen LogP contribution in [0, 0.1) is 17.1 Å². The number of halogens is 1. The van der Waals surface area contributed by atoms with Crippen LogP contribution in [-0.2, 0) is 4.79 Å². The Labute approximate surface area is 178 Å². The minimum atomic E-state index is -0.464. The third-order valence-electron chi connectivity index (χ3n) is 4.65. The molecule has 4 nitrogen and oxygen atoms in total.